The predicted molar refractivity (Wildman–Crippen MR) is 222 cm³/mol. The molecule has 6 rings (SSSR count). The van der Waals surface area contributed by atoms with E-state index in [2.05, 4.69) is 10.2 Å². The number of carbonyl (C=O) groups is 6. The lowest BCUT2D eigenvalue weighted by molar-refractivity contribution is -0.152. The second-order valence-corrected chi connectivity index (χ2v) is 16.7. The summed E-state index contributed by atoms with van der Waals surface area (Å²) in [7, 11) is 3.10. The number of hydrogen-bond donors (Lipinski definition) is 2. The van der Waals surface area contributed by atoms with Crippen molar-refractivity contribution in [3.05, 3.63) is 58.1 Å². The summed E-state index contributed by atoms with van der Waals surface area (Å²) in [5, 5.41) is 2.63. The standard InChI is InChI=1S/C42H54ClF3N8O8/c1-49(2)36(56)26-61-37(57)8-7-35(55)51-21-19-50(20-22-51)29-10-14-52(15-11-29)39(58)34(25-27-23-31(42(44,45)46)38(47)32(43)24-27)62-41(60)53-16-12-30(13-17-53)54-18-9-28-5-3-4-6-33(28)48-40(54)59/h3-6,23-24,29-30,34H,7-22,25-26,47H2,1-2H3,(H,48,59)/t34-/m1/s1. The van der Waals surface area contributed by atoms with Gasteiger partial charge in [0.15, 0.2) is 12.7 Å². The minimum atomic E-state index is -4.82. The van der Waals surface area contributed by atoms with Gasteiger partial charge in [-0.05, 0) is 61.4 Å². The maximum Gasteiger partial charge on any atom is 0.418 e. The monoisotopic (exact) mass is 890 g/mol. The van der Waals surface area contributed by atoms with Gasteiger partial charge in [0.05, 0.1) is 22.7 Å². The molecule has 62 heavy (non-hydrogen) atoms. The van der Waals surface area contributed by atoms with Gasteiger partial charge in [0.2, 0.25) is 5.91 Å². The number of amides is 6. The quantitative estimate of drug-likeness (QED) is 0.247. The van der Waals surface area contributed by atoms with Crippen LogP contribution in [0.25, 0.3) is 0 Å². The number of urea groups is 1. The summed E-state index contributed by atoms with van der Waals surface area (Å²) in [6.07, 6.45) is -4.86. The summed E-state index contributed by atoms with van der Waals surface area (Å²) >= 11 is 6.14. The van der Waals surface area contributed by atoms with Crippen molar-refractivity contribution in [2.75, 3.05) is 90.7 Å². The first-order valence-corrected chi connectivity index (χ1v) is 21.3. The second-order valence-electron chi connectivity index (χ2n) is 16.3. The topological polar surface area (TPSA) is 178 Å². The number of hydrogen-bond acceptors (Lipinski definition) is 10. The highest BCUT2D eigenvalue weighted by atomic mass is 35.5. The molecule has 4 heterocycles. The third-order valence-electron chi connectivity index (χ3n) is 12.1. The molecule has 0 aromatic heterocycles. The molecule has 3 fully saturated rings. The van der Waals surface area contributed by atoms with Crippen molar-refractivity contribution >= 4 is 58.8 Å². The number of esters is 1. The number of para-hydroxylation sites is 1. The van der Waals surface area contributed by atoms with Crippen molar-refractivity contribution < 1.29 is 51.4 Å². The number of likely N-dealkylation sites (N-methyl/N-ethyl adjacent to an activating group) is 1. The lowest BCUT2D eigenvalue weighted by Crippen LogP contribution is -2.56. The van der Waals surface area contributed by atoms with E-state index in [0.29, 0.717) is 77.9 Å². The van der Waals surface area contributed by atoms with E-state index in [4.69, 9.17) is 26.8 Å². The molecule has 3 N–H and O–H groups in total. The SMILES string of the molecule is CN(C)C(=O)COC(=O)CCC(=O)N1CCN(C2CCN(C(=O)[C@@H](Cc3cc(Cl)c(N)c(C(F)(F)F)c3)OC(=O)N3CCC(N4CCc5ccccc5NC4=O)CC3)CC2)CC1. The highest BCUT2D eigenvalue weighted by Gasteiger charge is 2.39. The van der Waals surface area contributed by atoms with Crippen LogP contribution in [0.5, 0.6) is 0 Å². The number of carbonyl (C=O) groups excluding carboxylic acids is 6. The summed E-state index contributed by atoms with van der Waals surface area (Å²) in [4.78, 5) is 87.6. The Morgan fingerprint density at radius 3 is 2.18 bits per heavy atom. The Morgan fingerprint density at radius 1 is 0.871 bits per heavy atom. The number of likely N-dealkylation sites (tertiary alicyclic amines) is 2. The zero-order valence-corrected chi connectivity index (χ0v) is 35.7. The molecule has 6 amide bonds. The van der Waals surface area contributed by atoms with Crippen molar-refractivity contribution in [1.29, 1.82) is 0 Å². The van der Waals surface area contributed by atoms with E-state index in [9.17, 15) is 41.9 Å². The van der Waals surface area contributed by atoms with E-state index in [1.165, 1.54) is 15.9 Å². The summed E-state index contributed by atoms with van der Waals surface area (Å²) in [5.41, 5.74) is 5.70. The fourth-order valence-electron chi connectivity index (χ4n) is 8.42. The van der Waals surface area contributed by atoms with Crippen LogP contribution in [0.1, 0.15) is 55.2 Å². The summed E-state index contributed by atoms with van der Waals surface area (Å²) < 4.78 is 52.6. The molecule has 0 unspecified atom stereocenters. The van der Waals surface area contributed by atoms with Crippen LogP contribution in [-0.2, 0) is 47.7 Å². The molecule has 16 nitrogen and oxygen atoms in total. The Morgan fingerprint density at radius 2 is 1.52 bits per heavy atom. The van der Waals surface area contributed by atoms with Crippen LogP contribution >= 0.6 is 11.6 Å². The molecule has 0 bridgehead atoms. The van der Waals surface area contributed by atoms with Crippen LogP contribution in [0.15, 0.2) is 36.4 Å². The molecule has 0 aliphatic carbocycles. The summed E-state index contributed by atoms with van der Waals surface area (Å²) in [6.45, 7) is 3.28. The molecule has 4 aliphatic rings. The van der Waals surface area contributed by atoms with E-state index >= 15 is 0 Å². The number of nitrogens with one attached hydrogen (secondary N) is 1. The number of halogens is 4. The number of piperazine rings is 1. The minimum Gasteiger partial charge on any atom is -0.456 e. The van der Waals surface area contributed by atoms with E-state index in [-0.39, 0.29) is 79.5 Å². The molecule has 1 atom stereocenters. The molecule has 2 aromatic rings. The number of alkyl halides is 3. The average Bonchev–Trinajstić information content (AvgIpc) is 3.42. The van der Waals surface area contributed by atoms with Crippen molar-refractivity contribution in [1.82, 2.24) is 29.4 Å². The maximum absolute atomic E-state index is 14.2. The number of anilines is 2. The van der Waals surface area contributed by atoms with Crippen LogP contribution in [0.2, 0.25) is 5.02 Å². The smallest absolute Gasteiger partial charge is 0.418 e. The van der Waals surface area contributed by atoms with Crippen LogP contribution in [0, 0.1) is 0 Å². The van der Waals surface area contributed by atoms with Gasteiger partial charge in [0.1, 0.15) is 0 Å². The normalized spacial score (nSPS) is 18.6. The highest BCUT2D eigenvalue weighted by molar-refractivity contribution is 6.33. The number of benzene rings is 2. The molecule has 2 aromatic carbocycles. The molecule has 0 radical (unpaired) electrons. The molecule has 4 aliphatic heterocycles. The fourth-order valence-corrected chi connectivity index (χ4v) is 8.66. The lowest BCUT2D eigenvalue weighted by Gasteiger charge is -2.43. The number of nitrogen functional groups attached to an aromatic ring is 1. The number of nitrogens with two attached hydrogens (primary N) is 1. The number of fused-ring (bicyclic) bond motifs is 1. The van der Waals surface area contributed by atoms with Gasteiger partial charge in [-0.1, -0.05) is 29.8 Å². The Kier molecular flexibility index (Phi) is 15.1. The molecule has 0 spiro atoms. The van der Waals surface area contributed by atoms with Gasteiger partial charge in [0.25, 0.3) is 11.8 Å². The zero-order chi connectivity index (χ0) is 44.7. The van der Waals surface area contributed by atoms with Crippen LogP contribution in [-0.4, -0.2) is 163 Å². The first-order chi connectivity index (χ1) is 29.5. The second kappa shape index (κ2) is 20.3. The third kappa shape index (κ3) is 11.6. The van der Waals surface area contributed by atoms with Crippen LogP contribution in [0.3, 0.4) is 0 Å². The molecular weight excluding hydrogens is 837 g/mol. The first-order valence-electron chi connectivity index (χ1n) is 20.9. The van der Waals surface area contributed by atoms with Gasteiger partial charge < -0.3 is 45.0 Å². The van der Waals surface area contributed by atoms with Gasteiger partial charge in [-0.3, -0.25) is 24.1 Å². The Bertz CT molecular complexity index is 1980. The van der Waals surface area contributed by atoms with E-state index in [1.807, 2.05) is 24.3 Å². The number of piperidine rings is 2. The van der Waals surface area contributed by atoms with E-state index in [0.717, 1.165) is 17.3 Å². The Hall–Kier alpha value is -5.30. The Labute approximate surface area is 363 Å². The summed E-state index contributed by atoms with van der Waals surface area (Å²) in [6, 6.07) is 9.41. The van der Waals surface area contributed by atoms with Crippen molar-refractivity contribution in [3.63, 3.8) is 0 Å². The van der Waals surface area contributed by atoms with Gasteiger partial charge in [0, 0.05) is 104 Å². The number of nitrogens with zero attached hydrogens (tertiary/aromatic N) is 6. The molecule has 3 saturated heterocycles. The average molecular weight is 891 g/mol. The molecular formula is C42H54ClF3N8O8. The lowest BCUT2D eigenvalue weighted by atomic mass is 9.99. The van der Waals surface area contributed by atoms with Gasteiger partial charge in [-0.15, -0.1) is 0 Å². The van der Waals surface area contributed by atoms with Crippen LogP contribution in [0.4, 0.5) is 34.1 Å². The van der Waals surface area contributed by atoms with E-state index in [1.54, 1.807) is 28.8 Å². The minimum absolute atomic E-state index is 0.0215. The number of ether oxygens (including phenoxy) is 2. The Balaban J connectivity index is 1.03. The van der Waals surface area contributed by atoms with E-state index < -0.39 is 41.5 Å². The first kappa shape index (κ1) is 46.2. The van der Waals surface area contributed by atoms with Gasteiger partial charge in [-0.2, -0.15) is 13.2 Å². The molecule has 338 valence electrons. The predicted octanol–water partition coefficient (Wildman–Crippen LogP) is 4.09. The number of rotatable bonds is 11. The van der Waals surface area contributed by atoms with Crippen molar-refractivity contribution in [2.45, 2.75) is 75.7 Å². The largest absolute Gasteiger partial charge is 0.456 e. The molecule has 0 saturated carbocycles. The van der Waals surface area contributed by atoms with Crippen molar-refractivity contribution in [2.24, 2.45) is 0 Å². The maximum atomic E-state index is 14.2. The zero-order valence-electron chi connectivity index (χ0n) is 35.0. The van der Waals surface area contributed by atoms with Gasteiger partial charge >= 0.3 is 24.3 Å². The van der Waals surface area contributed by atoms with Crippen molar-refractivity contribution in [3.8, 4) is 0 Å². The third-order valence-corrected chi connectivity index (χ3v) is 12.4. The summed E-state index contributed by atoms with van der Waals surface area (Å²) in [5.74, 6) is -1.72. The van der Waals surface area contributed by atoms with Crippen LogP contribution < -0.4 is 11.1 Å². The van der Waals surface area contributed by atoms with Gasteiger partial charge in [-0.25, -0.2) is 9.59 Å². The fraction of sp³-hybridized carbons (Fsp3) is 0.571. The molecule has 20 heteroatoms. The highest BCUT2D eigenvalue weighted by Crippen LogP contribution is 2.38.